The Kier molecular flexibility index (Phi) is 4.81. The summed E-state index contributed by atoms with van der Waals surface area (Å²) in [5, 5.41) is 6.55. The molecule has 1 saturated carbocycles. The summed E-state index contributed by atoms with van der Waals surface area (Å²) in [7, 11) is 0. The van der Waals surface area contributed by atoms with E-state index >= 15 is 0 Å². The maximum atomic E-state index is 12.1. The zero-order valence-electron chi connectivity index (χ0n) is 12.8. The van der Waals surface area contributed by atoms with Crippen LogP contribution in [0.15, 0.2) is 30.3 Å². The molecule has 2 rings (SSSR count). The maximum Gasteiger partial charge on any atom is 0.221 e. The Balaban J connectivity index is 1.85. The average Bonchev–Trinajstić information content (AvgIpc) is 3.20. The molecular formula is C17H26N2O. The highest BCUT2D eigenvalue weighted by Gasteiger charge is 2.33. The van der Waals surface area contributed by atoms with Crippen molar-refractivity contribution in [2.24, 2.45) is 5.92 Å². The normalized spacial score (nSPS) is 16.8. The number of carbonyl (C=O) groups is 1. The standard InChI is InChI=1S/C17H26N2O/c1-17(2,3)18-12-11-15(20)19-16(14-9-10-14)13-7-5-4-6-8-13/h4-8,14,16,18H,9-12H2,1-3H3,(H,19,20). The first-order valence-corrected chi connectivity index (χ1v) is 7.55. The molecule has 2 N–H and O–H groups in total. The Hall–Kier alpha value is -1.35. The Morgan fingerprint density at radius 1 is 1.25 bits per heavy atom. The van der Waals surface area contributed by atoms with E-state index in [2.05, 4.69) is 43.5 Å². The monoisotopic (exact) mass is 274 g/mol. The topological polar surface area (TPSA) is 41.1 Å². The molecule has 1 unspecified atom stereocenters. The lowest BCUT2D eigenvalue weighted by Crippen LogP contribution is -2.39. The molecule has 1 amide bonds. The summed E-state index contributed by atoms with van der Waals surface area (Å²) in [5.41, 5.74) is 1.29. The summed E-state index contributed by atoms with van der Waals surface area (Å²) in [6.45, 7) is 7.06. The summed E-state index contributed by atoms with van der Waals surface area (Å²) in [6, 6.07) is 10.5. The van der Waals surface area contributed by atoms with Gasteiger partial charge in [-0.25, -0.2) is 0 Å². The quantitative estimate of drug-likeness (QED) is 0.837. The minimum absolute atomic E-state index is 0.0651. The lowest BCUT2D eigenvalue weighted by molar-refractivity contribution is -0.121. The molecule has 1 aliphatic carbocycles. The van der Waals surface area contributed by atoms with Crippen LogP contribution in [-0.4, -0.2) is 18.0 Å². The van der Waals surface area contributed by atoms with Crippen LogP contribution >= 0.6 is 0 Å². The summed E-state index contributed by atoms with van der Waals surface area (Å²) < 4.78 is 0. The van der Waals surface area contributed by atoms with Crippen molar-refractivity contribution < 1.29 is 4.79 Å². The highest BCUT2D eigenvalue weighted by Crippen LogP contribution is 2.40. The van der Waals surface area contributed by atoms with Crippen LogP contribution in [0.25, 0.3) is 0 Å². The van der Waals surface area contributed by atoms with Crippen LogP contribution < -0.4 is 10.6 Å². The molecule has 1 aromatic rings. The second-order valence-electron chi connectivity index (χ2n) is 6.72. The summed E-state index contributed by atoms with van der Waals surface area (Å²) in [4.78, 5) is 12.1. The van der Waals surface area contributed by atoms with E-state index in [9.17, 15) is 4.79 Å². The number of amides is 1. The predicted molar refractivity (Wildman–Crippen MR) is 82.4 cm³/mol. The van der Waals surface area contributed by atoms with Gasteiger partial charge >= 0.3 is 0 Å². The van der Waals surface area contributed by atoms with Gasteiger partial charge in [0.2, 0.25) is 5.91 Å². The molecule has 20 heavy (non-hydrogen) atoms. The smallest absolute Gasteiger partial charge is 0.221 e. The Morgan fingerprint density at radius 2 is 1.90 bits per heavy atom. The molecule has 110 valence electrons. The Morgan fingerprint density at radius 3 is 2.45 bits per heavy atom. The number of nitrogens with one attached hydrogen (secondary N) is 2. The third-order valence-corrected chi connectivity index (χ3v) is 3.58. The average molecular weight is 274 g/mol. The van der Waals surface area contributed by atoms with Gasteiger partial charge in [0, 0.05) is 18.5 Å². The Bertz CT molecular complexity index is 432. The van der Waals surface area contributed by atoms with Gasteiger partial charge in [0.25, 0.3) is 0 Å². The van der Waals surface area contributed by atoms with Gasteiger partial charge in [-0.2, -0.15) is 0 Å². The van der Waals surface area contributed by atoms with Crippen molar-refractivity contribution in [1.82, 2.24) is 10.6 Å². The summed E-state index contributed by atoms with van der Waals surface area (Å²) in [6.07, 6.45) is 2.98. The number of benzene rings is 1. The van der Waals surface area contributed by atoms with Crippen LogP contribution in [0.1, 0.15) is 51.6 Å². The molecule has 0 bridgehead atoms. The third-order valence-electron chi connectivity index (χ3n) is 3.58. The van der Waals surface area contributed by atoms with Crippen molar-refractivity contribution in [1.29, 1.82) is 0 Å². The molecule has 0 aliphatic heterocycles. The van der Waals surface area contributed by atoms with Crippen molar-refractivity contribution in [2.45, 2.75) is 51.6 Å². The second-order valence-corrected chi connectivity index (χ2v) is 6.72. The fraction of sp³-hybridized carbons (Fsp3) is 0.588. The SMILES string of the molecule is CC(C)(C)NCCC(=O)NC(c1ccccc1)C1CC1. The molecule has 0 radical (unpaired) electrons. The van der Waals surface area contributed by atoms with Crippen LogP contribution in [0.2, 0.25) is 0 Å². The zero-order valence-corrected chi connectivity index (χ0v) is 12.8. The highest BCUT2D eigenvalue weighted by atomic mass is 16.1. The first-order chi connectivity index (χ1) is 9.46. The zero-order chi connectivity index (χ0) is 14.6. The van der Waals surface area contributed by atoms with Gasteiger partial charge in [-0.1, -0.05) is 30.3 Å². The fourth-order valence-corrected chi connectivity index (χ4v) is 2.36. The number of rotatable bonds is 6. The largest absolute Gasteiger partial charge is 0.349 e. The summed E-state index contributed by atoms with van der Waals surface area (Å²) >= 11 is 0. The third kappa shape index (κ3) is 4.97. The highest BCUT2D eigenvalue weighted by molar-refractivity contribution is 5.76. The van der Waals surface area contributed by atoms with Crippen LogP contribution in [-0.2, 0) is 4.79 Å². The molecule has 0 aromatic heterocycles. The lowest BCUT2D eigenvalue weighted by Gasteiger charge is -2.22. The minimum atomic E-state index is 0.0651. The number of carbonyl (C=O) groups excluding carboxylic acids is 1. The van der Waals surface area contributed by atoms with Crippen LogP contribution in [0.3, 0.4) is 0 Å². The van der Waals surface area contributed by atoms with Crippen molar-refractivity contribution >= 4 is 5.91 Å². The molecule has 0 heterocycles. The molecular weight excluding hydrogens is 248 g/mol. The van der Waals surface area contributed by atoms with E-state index in [0.29, 0.717) is 12.3 Å². The lowest BCUT2D eigenvalue weighted by atomic mass is 10.0. The predicted octanol–water partition coefficient (Wildman–Crippen LogP) is 3.03. The van der Waals surface area contributed by atoms with Gasteiger partial charge in [-0.3, -0.25) is 4.79 Å². The van der Waals surface area contributed by atoms with Crippen molar-refractivity contribution in [3.8, 4) is 0 Å². The van der Waals surface area contributed by atoms with E-state index in [1.54, 1.807) is 0 Å². The van der Waals surface area contributed by atoms with Gasteiger partial charge in [0.05, 0.1) is 6.04 Å². The molecule has 0 saturated heterocycles. The van der Waals surface area contributed by atoms with Crippen LogP contribution in [0.5, 0.6) is 0 Å². The molecule has 3 heteroatoms. The molecule has 1 atom stereocenters. The second kappa shape index (κ2) is 6.40. The van der Waals surface area contributed by atoms with E-state index < -0.39 is 0 Å². The number of hydrogen-bond donors (Lipinski definition) is 2. The van der Waals surface area contributed by atoms with Crippen molar-refractivity contribution in [3.05, 3.63) is 35.9 Å². The first-order valence-electron chi connectivity index (χ1n) is 7.55. The van der Waals surface area contributed by atoms with Gasteiger partial charge in [0.1, 0.15) is 0 Å². The first kappa shape index (κ1) is 15.0. The van der Waals surface area contributed by atoms with E-state index in [1.807, 2.05) is 18.2 Å². The van der Waals surface area contributed by atoms with Crippen LogP contribution in [0.4, 0.5) is 0 Å². The van der Waals surface area contributed by atoms with Gasteiger partial charge < -0.3 is 10.6 Å². The van der Waals surface area contributed by atoms with Gasteiger partial charge in [-0.15, -0.1) is 0 Å². The fourth-order valence-electron chi connectivity index (χ4n) is 2.36. The van der Waals surface area contributed by atoms with Crippen molar-refractivity contribution in [3.63, 3.8) is 0 Å². The molecule has 1 aromatic carbocycles. The van der Waals surface area contributed by atoms with E-state index in [1.165, 1.54) is 18.4 Å². The van der Waals surface area contributed by atoms with Gasteiger partial charge in [-0.05, 0) is 45.1 Å². The van der Waals surface area contributed by atoms with Gasteiger partial charge in [0.15, 0.2) is 0 Å². The molecule has 1 fully saturated rings. The molecule has 1 aliphatic rings. The van der Waals surface area contributed by atoms with Crippen LogP contribution in [0, 0.1) is 5.92 Å². The van der Waals surface area contributed by atoms with E-state index in [-0.39, 0.29) is 17.5 Å². The minimum Gasteiger partial charge on any atom is -0.349 e. The maximum absolute atomic E-state index is 12.1. The number of hydrogen-bond acceptors (Lipinski definition) is 2. The summed E-state index contributed by atoms with van der Waals surface area (Å²) in [5.74, 6) is 0.763. The van der Waals surface area contributed by atoms with E-state index in [4.69, 9.17) is 0 Å². The van der Waals surface area contributed by atoms with Crippen molar-refractivity contribution in [2.75, 3.05) is 6.54 Å². The molecule has 0 spiro atoms. The van der Waals surface area contributed by atoms with E-state index in [0.717, 1.165) is 6.54 Å². The Labute approximate surface area is 122 Å². The molecule has 3 nitrogen and oxygen atoms in total.